The number of aromatic nitrogens is 2. The molecule has 1 fully saturated rings. The predicted octanol–water partition coefficient (Wildman–Crippen LogP) is 2.81. The standard InChI is InChI=1S/C16H19ClN4O.ClH/c17-13-5-3-12(4-6-13)10-19-16(22)15-7-9-21(20-15)14-2-1-8-18-11-14;/h3-7,9,14,18H,1-2,8,10-11H2,(H,19,22);1H. The summed E-state index contributed by atoms with van der Waals surface area (Å²) >= 11 is 5.84. The number of amides is 1. The molecule has 0 radical (unpaired) electrons. The van der Waals surface area contributed by atoms with E-state index in [-0.39, 0.29) is 18.3 Å². The molecule has 1 aromatic carbocycles. The molecule has 23 heavy (non-hydrogen) atoms. The molecule has 0 saturated carbocycles. The van der Waals surface area contributed by atoms with Crippen molar-refractivity contribution in [3.63, 3.8) is 0 Å². The van der Waals surface area contributed by atoms with E-state index in [0.29, 0.717) is 23.3 Å². The maximum Gasteiger partial charge on any atom is 0.272 e. The Labute approximate surface area is 146 Å². The lowest BCUT2D eigenvalue weighted by atomic mass is 10.1. The van der Waals surface area contributed by atoms with E-state index in [1.165, 1.54) is 0 Å². The molecule has 3 rings (SSSR count). The van der Waals surface area contributed by atoms with E-state index in [4.69, 9.17) is 11.6 Å². The third kappa shape index (κ3) is 4.70. The Hall–Kier alpha value is -1.56. The molecule has 1 aliphatic rings. The smallest absolute Gasteiger partial charge is 0.272 e. The van der Waals surface area contributed by atoms with Crippen LogP contribution in [0, 0.1) is 0 Å². The van der Waals surface area contributed by atoms with Gasteiger partial charge in [-0.2, -0.15) is 5.10 Å². The van der Waals surface area contributed by atoms with Gasteiger partial charge in [0.1, 0.15) is 5.69 Å². The largest absolute Gasteiger partial charge is 0.347 e. The van der Waals surface area contributed by atoms with E-state index in [0.717, 1.165) is 31.5 Å². The van der Waals surface area contributed by atoms with Gasteiger partial charge in [-0.1, -0.05) is 23.7 Å². The Morgan fingerprint density at radius 1 is 1.35 bits per heavy atom. The summed E-state index contributed by atoms with van der Waals surface area (Å²) in [7, 11) is 0. The number of benzene rings is 1. The first-order valence-electron chi connectivity index (χ1n) is 7.51. The maximum atomic E-state index is 12.2. The fourth-order valence-electron chi connectivity index (χ4n) is 2.60. The maximum absolute atomic E-state index is 12.2. The van der Waals surface area contributed by atoms with Gasteiger partial charge < -0.3 is 10.6 Å². The van der Waals surface area contributed by atoms with Crippen LogP contribution in [0.1, 0.15) is 34.9 Å². The summed E-state index contributed by atoms with van der Waals surface area (Å²) in [6, 6.07) is 9.53. The molecule has 1 saturated heterocycles. The molecule has 124 valence electrons. The number of hydrogen-bond acceptors (Lipinski definition) is 3. The molecule has 1 aliphatic heterocycles. The van der Waals surface area contributed by atoms with Gasteiger partial charge in [-0.3, -0.25) is 9.48 Å². The van der Waals surface area contributed by atoms with Gasteiger partial charge in [-0.05, 0) is 43.1 Å². The Morgan fingerprint density at radius 3 is 2.83 bits per heavy atom. The van der Waals surface area contributed by atoms with Crippen LogP contribution in [-0.2, 0) is 6.54 Å². The number of piperidine rings is 1. The molecule has 2 heterocycles. The van der Waals surface area contributed by atoms with Crippen molar-refractivity contribution in [2.75, 3.05) is 13.1 Å². The van der Waals surface area contributed by atoms with Crippen molar-refractivity contribution in [1.29, 1.82) is 0 Å². The number of carbonyl (C=O) groups excluding carboxylic acids is 1. The number of halogens is 2. The molecular weight excluding hydrogens is 335 g/mol. The average molecular weight is 355 g/mol. The first-order valence-corrected chi connectivity index (χ1v) is 7.89. The summed E-state index contributed by atoms with van der Waals surface area (Å²) in [6.45, 7) is 2.44. The Kier molecular flexibility index (Phi) is 6.45. The van der Waals surface area contributed by atoms with Gasteiger partial charge in [0.25, 0.3) is 5.91 Å². The van der Waals surface area contributed by atoms with E-state index in [2.05, 4.69) is 15.7 Å². The van der Waals surface area contributed by atoms with Crippen LogP contribution in [0.4, 0.5) is 0 Å². The van der Waals surface area contributed by atoms with Crippen molar-refractivity contribution in [3.05, 3.63) is 52.8 Å². The fourth-order valence-corrected chi connectivity index (χ4v) is 2.72. The average Bonchev–Trinajstić information content (AvgIpc) is 3.05. The first kappa shape index (κ1) is 17.8. The number of nitrogens with zero attached hydrogens (tertiary/aromatic N) is 2. The highest BCUT2D eigenvalue weighted by Crippen LogP contribution is 2.15. The monoisotopic (exact) mass is 354 g/mol. The molecule has 2 aromatic rings. The van der Waals surface area contributed by atoms with E-state index in [1.54, 1.807) is 6.07 Å². The molecule has 1 amide bonds. The van der Waals surface area contributed by atoms with E-state index in [9.17, 15) is 4.79 Å². The van der Waals surface area contributed by atoms with Crippen molar-refractivity contribution >= 4 is 29.9 Å². The minimum absolute atomic E-state index is 0. The van der Waals surface area contributed by atoms with E-state index < -0.39 is 0 Å². The summed E-state index contributed by atoms with van der Waals surface area (Å²) in [6.07, 6.45) is 4.12. The Morgan fingerprint density at radius 2 is 2.13 bits per heavy atom. The zero-order chi connectivity index (χ0) is 15.4. The minimum Gasteiger partial charge on any atom is -0.347 e. The molecule has 1 aromatic heterocycles. The second-order valence-corrected chi connectivity index (χ2v) is 5.93. The molecule has 0 bridgehead atoms. The minimum atomic E-state index is -0.155. The molecule has 5 nitrogen and oxygen atoms in total. The second-order valence-electron chi connectivity index (χ2n) is 5.49. The van der Waals surface area contributed by atoms with Crippen LogP contribution in [0.3, 0.4) is 0 Å². The molecule has 0 spiro atoms. The van der Waals surface area contributed by atoms with Gasteiger partial charge in [-0.15, -0.1) is 12.4 Å². The summed E-state index contributed by atoms with van der Waals surface area (Å²) in [5, 5.41) is 11.3. The van der Waals surface area contributed by atoms with Crippen molar-refractivity contribution in [1.82, 2.24) is 20.4 Å². The SMILES string of the molecule is Cl.O=C(NCc1ccc(Cl)cc1)c1ccn(C2CCCNC2)n1. The predicted molar refractivity (Wildman–Crippen MR) is 93.2 cm³/mol. The third-order valence-electron chi connectivity index (χ3n) is 3.85. The Balaban J connectivity index is 0.00000192. The number of rotatable bonds is 4. The van der Waals surface area contributed by atoms with Crippen molar-refractivity contribution in [2.24, 2.45) is 0 Å². The van der Waals surface area contributed by atoms with Gasteiger partial charge in [-0.25, -0.2) is 0 Å². The van der Waals surface area contributed by atoms with E-state index in [1.807, 2.05) is 35.1 Å². The van der Waals surface area contributed by atoms with Gasteiger partial charge in [0.05, 0.1) is 6.04 Å². The van der Waals surface area contributed by atoms with E-state index >= 15 is 0 Å². The highest BCUT2D eigenvalue weighted by molar-refractivity contribution is 6.30. The lowest BCUT2D eigenvalue weighted by molar-refractivity contribution is 0.0944. The van der Waals surface area contributed by atoms with Gasteiger partial charge in [0, 0.05) is 24.3 Å². The van der Waals surface area contributed by atoms with Crippen LogP contribution in [0.15, 0.2) is 36.5 Å². The van der Waals surface area contributed by atoms with Crippen LogP contribution in [-0.4, -0.2) is 28.8 Å². The summed E-state index contributed by atoms with van der Waals surface area (Å²) in [5.74, 6) is -0.155. The molecule has 2 N–H and O–H groups in total. The van der Waals surface area contributed by atoms with Crippen molar-refractivity contribution < 1.29 is 4.79 Å². The van der Waals surface area contributed by atoms with Crippen LogP contribution in [0.25, 0.3) is 0 Å². The van der Waals surface area contributed by atoms with Crippen LogP contribution in [0.2, 0.25) is 5.02 Å². The van der Waals surface area contributed by atoms with Gasteiger partial charge >= 0.3 is 0 Å². The molecule has 1 atom stereocenters. The Bertz CT molecular complexity index is 636. The van der Waals surface area contributed by atoms with Crippen LogP contribution < -0.4 is 10.6 Å². The summed E-state index contributed by atoms with van der Waals surface area (Å²) in [5.41, 5.74) is 1.47. The van der Waals surface area contributed by atoms with Gasteiger partial charge in [0.15, 0.2) is 0 Å². The normalized spacial score (nSPS) is 17.3. The molecule has 7 heteroatoms. The summed E-state index contributed by atoms with van der Waals surface area (Å²) < 4.78 is 1.89. The highest BCUT2D eigenvalue weighted by atomic mass is 35.5. The fraction of sp³-hybridized carbons (Fsp3) is 0.375. The molecule has 0 aliphatic carbocycles. The lowest BCUT2D eigenvalue weighted by Gasteiger charge is -2.22. The second kappa shape index (κ2) is 8.34. The third-order valence-corrected chi connectivity index (χ3v) is 4.10. The first-order chi connectivity index (χ1) is 10.7. The van der Waals surface area contributed by atoms with Crippen LogP contribution in [0.5, 0.6) is 0 Å². The zero-order valence-electron chi connectivity index (χ0n) is 12.7. The topological polar surface area (TPSA) is 59.0 Å². The number of carbonyl (C=O) groups is 1. The zero-order valence-corrected chi connectivity index (χ0v) is 14.2. The highest BCUT2D eigenvalue weighted by Gasteiger charge is 2.17. The van der Waals surface area contributed by atoms with Crippen molar-refractivity contribution in [2.45, 2.75) is 25.4 Å². The number of hydrogen-bond donors (Lipinski definition) is 2. The van der Waals surface area contributed by atoms with Crippen LogP contribution >= 0.6 is 24.0 Å². The number of nitrogens with one attached hydrogen (secondary N) is 2. The lowest BCUT2D eigenvalue weighted by Crippen LogP contribution is -2.32. The quantitative estimate of drug-likeness (QED) is 0.887. The van der Waals surface area contributed by atoms with Gasteiger partial charge in [0.2, 0.25) is 0 Å². The van der Waals surface area contributed by atoms with Crippen molar-refractivity contribution in [3.8, 4) is 0 Å². The molecule has 1 unspecified atom stereocenters. The summed E-state index contributed by atoms with van der Waals surface area (Å²) in [4.78, 5) is 12.2. The molecular formula is C16H20Cl2N4O.